The van der Waals surface area contributed by atoms with Crippen LogP contribution in [0.25, 0.3) is 10.9 Å². The number of carbonyl (C=O) groups excluding carboxylic acids is 15. The first-order valence-electron chi connectivity index (χ1n) is 37.7. The van der Waals surface area contributed by atoms with Crippen LogP contribution in [0.1, 0.15) is 153 Å². The number of fused-ring (bicyclic) bond motifs is 1. The third-order valence-electron chi connectivity index (χ3n) is 17.8. The third kappa shape index (κ3) is 34.7. The number of carbonyl (C=O) groups is 16. The first-order chi connectivity index (χ1) is 53.2. The van der Waals surface area contributed by atoms with E-state index in [0.29, 0.717) is 16.5 Å². The standard InChI is InChI=1S/C72H121N21O21/c1-32(2)26-42(74)59(101)91-57(38(11)96)70(112)90-53(34(5)6)66(108)87-48(28-40-30-80-43-19-14-13-18-41(40)43)60(102)81-31-52(100)88-55(36(9)94)68(110)83-44(20-15-16-24-73)61(103)86-49(29-51(76)99)65(107)85-47(27-33(3)4)64(106)82-46(22-23-50(75)98)63(105)92-56(37(10)95)69(111)84-45(21-17-25-79-72(77)78)62(104)89-54(35(7)8)67(109)93-58(39(12)97)71(113)114/h13-14,18-19,30,32-39,42,44-49,53-58,80,94-97H,15-17,20-29,31,73-74H2,1-12H3,(H2,75,98)(H2,76,99)(H,81,102)(H,82,106)(H,83,110)(H,84,111)(H,85,107)(H,86,103)(H,87,108)(H,88,100)(H,89,104)(H,90,112)(H,91,101)(H,92,105)(H,93,109)(H,113,114)(H4,77,78,79)/t36-,37-,38-,39-,42+,44+,45+,46+,47+,48+,49+,53+,54+,55+,56+,57+,58+/m1/s1. The lowest BCUT2D eigenvalue weighted by molar-refractivity contribution is -0.145. The van der Waals surface area contributed by atoms with E-state index in [-0.39, 0.29) is 76.3 Å². The van der Waals surface area contributed by atoms with Gasteiger partial charge in [0.2, 0.25) is 88.6 Å². The van der Waals surface area contributed by atoms with Crippen LogP contribution in [0.2, 0.25) is 0 Å². The molecule has 0 aliphatic carbocycles. The Morgan fingerprint density at radius 3 is 1.32 bits per heavy atom. The maximum atomic E-state index is 14.4. The number of unbranched alkanes of at least 4 members (excludes halogenated alkanes) is 1. The van der Waals surface area contributed by atoms with Crippen LogP contribution in [0.15, 0.2) is 35.5 Å². The molecule has 1 heterocycles. The molecular formula is C72H121N21O21. The first-order valence-corrected chi connectivity index (χ1v) is 37.7. The molecule has 2 aromatic rings. The molecule has 640 valence electrons. The molecule has 0 aliphatic rings. The largest absolute Gasteiger partial charge is 0.480 e. The molecule has 0 saturated heterocycles. The normalized spacial score (nSPS) is 15.9. The smallest absolute Gasteiger partial charge is 0.328 e. The van der Waals surface area contributed by atoms with Gasteiger partial charge in [0, 0.05) is 36.5 Å². The molecule has 0 radical (unpaired) electrons. The molecule has 0 saturated carbocycles. The number of nitrogens with two attached hydrogens (primary N) is 6. The monoisotopic (exact) mass is 1620 g/mol. The lowest BCUT2D eigenvalue weighted by Crippen LogP contribution is -2.62. The van der Waals surface area contributed by atoms with E-state index in [1.54, 1.807) is 58.2 Å². The summed E-state index contributed by atoms with van der Waals surface area (Å²) in [7, 11) is 0. The zero-order chi connectivity index (χ0) is 86.7. The highest BCUT2D eigenvalue weighted by atomic mass is 16.4. The molecule has 0 aliphatic heterocycles. The number of guanidine groups is 1. The summed E-state index contributed by atoms with van der Waals surface area (Å²) < 4.78 is 0. The van der Waals surface area contributed by atoms with Crippen molar-refractivity contribution in [2.24, 2.45) is 63.1 Å². The lowest BCUT2D eigenvalue weighted by atomic mass is 9.99. The van der Waals surface area contributed by atoms with E-state index in [1.807, 2.05) is 13.8 Å². The second-order valence-corrected chi connectivity index (χ2v) is 29.7. The number of carboxylic acid groups (broad SMARTS) is 1. The summed E-state index contributed by atoms with van der Waals surface area (Å²) in [4.78, 5) is 226. The number of H-pyrrole nitrogens is 1. The van der Waals surface area contributed by atoms with E-state index in [9.17, 15) is 102 Å². The van der Waals surface area contributed by atoms with Crippen LogP contribution in [0.3, 0.4) is 0 Å². The molecule has 114 heavy (non-hydrogen) atoms. The van der Waals surface area contributed by atoms with Crippen LogP contribution in [0, 0.1) is 23.7 Å². The second-order valence-electron chi connectivity index (χ2n) is 29.7. The van der Waals surface area contributed by atoms with Gasteiger partial charge in [0.15, 0.2) is 12.0 Å². The molecule has 0 bridgehead atoms. The molecule has 42 nitrogen and oxygen atoms in total. The van der Waals surface area contributed by atoms with Crippen molar-refractivity contribution in [2.45, 2.75) is 257 Å². The lowest BCUT2D eigenvalue weighted by Gasteiger charge is -2.29. The van der Waals surface area contributed by atoms with Gasteiger partial charge in [-0.15, -0.1) is 0 Å². The summed E-state index contributed by atoms with van der Waals surface area (Å²) in [5, 5.41) is 84.0. The Labute approximate surface area is 660 Å². The van der Waals surface area contributed by atoms with E-state index in [1.165, 1.54) is 20.8 Å². The van der Waals surface area contributed by atoms with Crippen molar-refractivity contribution in [3.05, 3.63) is 36.0 Å². The van der Waals surface area contributed by atoms with Crippen molar-refractivity contribution < 1.29 is 102 Å². The molecule has 17 atom stereocenters. The van der Waals surface area contributed by atoms with Crippen LogP contribution in [0.4, 0.5) is 0 Å². The number of nitrogens with zero attached hydrogens (tertiary/aromatic N) is 1. The minimum atomic E-state index is -1.96. The predicted molar refractivity (Wildman–Crippen MR) is 414 cm³/mol. The van der Waals surface area contributed by atoms with Gasteiger partial charge in [0.1, 0.15) is 66.5 Å². The number of carboxylic acids is 1. The van der Waals surface area contributed by atoms with Gasteiger partial charge in [-0.3, -0.25) is 76.9 Å². The van der Waals surface area contributed by atoms with Gasteiger partial charge >= 0.3 is 5.97 Å². The molecule has 15 amide bonds. The Morgan fingerprint density at radius 2 is 0.833 bits per heavy atom. The molecule has 0 unspecified atom stereocenters. The zero-order valence-electron chi connectivity index (χ0n) is 66.6. The van der Waals surface area contributed by atoms with Crippen molar-refractivity contribution in [1.29, 1.82) is 0 Å². The quantitative estimate of drug-likeness (QED) is 0.0166. The van der Waals surface area contributed by atoms with Crippen LogP contribution < -0.4 is 104 Å². The minimum absolute atomic E-state index is 0.00157. The van der Waals surface area contributed by atoms with Gasteiger partial charge in [-0.05, 0) is 121 Å². The summed E-state index contributed by atoms with van der Waals surface area (Å²) in [6.45, 7) is 16.8. The number of nitrogens with one attached hydrogen (secondary N) is 14. The fourth-order valence-corrected chi connectivity index (χ4v) is 11.6. The number of primary amides is 2. The SMILES string of the molecule is CC(C)C[C@H](NC(=O)[C@H](CC(N)=O)NC(=O)[C@H](CCCCN)NC(=O)[C@@H](NC(=O)CNC(=O)[C@H](Cc1c[nH]c2ccccc12)NC(=O)[C@@H](NC(=O)[C@@H](NC(=O)[C@@H](N)CC(C)C)[C@@H](C)O)C(C)C)[C@@H](C)O)C(=O)N[C@@H](CCC(N)=O)C(=O)N[C@H](C(=O)N[C@@H](CCCN=C(N)N)C(=O)N[C@H](C(=O)N[C@H](C(=O)O)[C@@H](C)O)C(C)C)[C@@H](C)O. The predicted octanol–water partition coefficient (Wildman–Crippen LogP) is -7.69. The number of para-hydroxylation sites is 1. The number of aliphatic hydroxyl groups excluding tert-OH is 4. The van der Waals surface area contributed by atoms with Crippen LogP contribution in [0.5, 0.6) is 0 Å². The fraction of sp³-hybridized carbons (Fsp3) is 0.653. The van der Waals surface area contributed by atoms with Gasteiger partial charge in [0.05, 0.1) is 43.4 Å². The Balaban J connectivity index is 2.48. The van der Waals surface area contributed by atoms with E-state index in [0.717, 1.165) is 20.8 Å². The topological polar surface area (TPSA) is 715 Å². The average Bonchev–Trinajstić information content (AvgIpc) is 1.74. The van der Waals surface area contributed by atoms with E-state index in [2.05, 4.69) is 79.1 Å². The van der Waals surface area contributed by atoms with Crippen molar-refractivity contribution >= 4 is 111 Å². The summed E-state index contributed by atoms with van der Waals surface area (Å²) in [5.74, 6) is -19.6. The molecule has 0 fully saturated rings. The molecule has 1 aromatic heterocycles. The molecule has 42 heteroatoms. The number of aromatic amines is 1. The molecular weight excluding hydrogens is 1490 g/mol. The number of aliphatic hydroxyl groups is 4. The van der Waals surface area contributed by atoms with Gasteiger partial charge in [0.25, 0.3) is 0 Å². The van der Waals surface area contributed by atoms with Crippen molar-refractivity contribution in [1.82, 2.24) is 74.1 Å². The Hall–Kier alpha value is -10.7. The summed E-state index contributed by atoms with van der Waals surface area (Å²) >= 11 is 0. The van der Waals surface area contributed by atoms with E-state index < -0.39 is 241 Å². The van der Waals surface area contributed by atoms with Crippen molar-refractivity contribution in [3.63, 3.8) is 0 Å². The number of hydrogen-bond acceptors (Lipinski definition) is 23. The number of hydrogen-bond donors (Lipinski definition) is 25. The number of rotatable bonds is 52. The van der Waals surface area contributed by atoms with Gasteiger partial charge in [-0.1, -0.05) is 73.6 Å². The molecule has 0 spiro atoms. The Bertz CT molecular complexity index is 3640. The zero-order valence-corrected chi connectivity index (χ0v) is 66.6. The van der Waals surface area contributed by atoms with Gasteiger partial charge < -0.3 is 134 Å². The van der Waals surface area contributed by atoms with E-state index in [4.69, 9.17) is 34.4 Å². The number of benzene rings is 1. The average molecular weight is 1620 g/mol. The summed E-state index contributed by atoms with van der Waals surface area (Å²) in [6.07, 6.45) is -7.30. The van der Waals surface area contributed by atoms with Gasteiger partial charge in [-0.25, -0.2) is 4.79 Å². The van der Waals surface area contributed by atoms with Crippen LogP contribution in [-0.4, -0.2) is 254 Å². The van der Waals surface area contributed by atoms with Gasteiger partial charge in [-0.2, -0.15) is 0 Å². The van der Waals surface area contributed by atoms with Crippen molar-refractivity contribution in [2.75, 3.05) is 19.6 Å². The summed E-state index contributed by atoms with van der Waals surface area (Å²) in [5.41, 5.74) is 35.0. The molecule has 1 aromatic carbocycles. The summed E-state index contributed by atoms with van der Waals surface area (Å²) in [6, 6.07) is -14.1. The highest BCUT2D eigenvalue weighted by molar-refractivity contribution is 6.01. The number of aromatic nitrogens is 1. The van der Waals surface area contributed by atoms with Crippen LogP contribution >= 0.6 is 0 Å². The highest BCUT2D eigenvalue weighted by Gasteiger charge is 2.40. The Morgan fingerprint density at radius 1 is 0.430 bits per heavy atom. The molecule has 2 rings (SSSR count). The Kier molecular flexibility index (Phi) is 42.8. The second kappa shape index (κ2) is 49.1. The maximum Gasteiger partial charge on any atom is 0.328 e. The number of aliphatic carboxylic acids is 1. The highest BCUT2D eigenvalue weighted by Crippen LogP contribution is 2.21. The molecule has 31 N–H and O–H groups in total. The number of amides is 15. The number of aliphatic imine (C=N–C) groups is 1. The third-order valence-corrected chi connectivity index (χ3v) is 17.8. The van der Waals surface area contributed by atoms with E-state index >= 15 is 0 Å². The fourth-order valence-electron chi connectivity index (χ4n) is 11.6. The first kappa shape index (κ1) is 99.4. The van der Waals surface area contributed by atoms with Crippen molar-refractivity contribution in [3.8, 4) is 0 Å². The van der Waals surface area contributed by atoms with Crippen LogP contribution in [-0.2, 0) is 83.1 Å². The minimum Gasteiger partial charge on any atom is -0.480 e. The maximum absolute atomic E-state index is 14.4.